The Hall–Kier alpha value is -3.96. The Morgan fingerprint density at radius 3 is 2.33 bits per heavy atom. The van der Waals surface area contributed by atoms with E-state index in [0.29, 0.717) is 39.3 Å². The number of thiazole rings is 1. The maximum Gasteiger partial charge on any atom is 0.296 e. The molecule has 0 unspecified atom stereocenters. The third kappa shape index (κ3) is 6.57. The molecule has 1 amide bonds. The number of hydrogen-bond acceptors (Lipinski definition) is 11. The summed E-state index contributed by atoms with van der Waals surface area (Å²) in [5.74, 6) is -1.31. The Balaban J connectivity index is 1.56. The number of allylic oxidation sites excluding steroid dienone is 5. The maximum absolute atomic E-state index is 12.9. The Bertz CT molecular complexity index is 1950. The lowest BCUT2D eigenvalue weighted by Crippen LogP contribution is -2.16. The third-order valence-electron chi connectivity index (χ3n) is 6.23. The molecule has 1 aromatic heterocycles. The Labute approximate surface area is 245 Å². The molecule has 1 aliphatic rings. The van der Waals surface area contributed by atoms with Crippen molar-refractivity contribution in [2.75, 3.05) is 12.4 Å². The minimum Gasteiger partial charge on any atom is -0.510 e. The quantitative estimate of drug-likeness (QED) is 0.108. The number of azo groups is 1. The number of carbonyl (C=O) groups excluding carboxylic acids is 1. The molecule has 2 aromatic carbocycles. The molecule has 0 spiro atoms. The fourth-order valence-corrected chi connectivity index (χ4v) is 7.29. The smallest absolute Gasteiger partial charge is 0.296 e. The van der Waals surface area contributed by atoms with E-state index in [1.54, 1.807) is 31.2 Å². The summed E-state index contributed by atoms with van der Waals surface area (Å²) in [4.78, 5) is 16.9. The number of aryl methyl sites for hydroxylation is 2. The van der Waals surface area contributed by atoms with Crippen LogP contribution >= 0.6 is 11.3 Å². The summed E-state index contributed by atoms with van der Waals surface area (Å²) < 4.78 is 71.6. The molecule has 4 N–H and O–H groups in total. The van der Waals surface area contributed by atoms with E-state index in [0.717, 1.165) is 23.0 Å². The van der Waals surface area contributed by atoms with Gasteiger partial charge in [0.25, 0.3) is 26.1 Å². The fourth-order valence-electron chi connectivity index (χ4n) is 4.20. The first-order chi connectivity index (χ1) is 19.6. The molecular weight excluding hydrogens is 609 g/mol. The molecular formula is C26H26N4O9S3. The van der Waals surface area contributed by atoms with Crippen LogP contribution in [0.4, 0.5) is 5.69 Å². The Kier molecular flexibility index (Phi) is 8.65. The van der Waals surface area contributed by atoms with Crippen LogP contribution in [0.15, 0.2) is 73.6 Å². The lowest BCUT2D eigenvalue weighted by molar-refractivity contribution is -0.113. The highest BCUT2D eigenvalue weighted by Crippen LogP contribution is 2.37. The van der Waals surface area contributed by atoms with Crippen molar-refractivity contribution < 1.29 is 40.6 Å². The van der Waals surface area contributed by atoms with Crippen molar-refractivity contribution in [2.24, 2.45) is 10.2 Å². The summed E-state index contributed by atoms with van der Waals surface area (Å²) in [7, 11) is -7.71. The van der Waals surface area contributed by atoms with Gasteiger partial charge < -0.3 is 15.2 Å². The summed E-state index contributed by atoms with van der Waals surface area (Å²) in [5, 5.41) is 21.2. The molecule has 0 aliphatic heterocycles. The van der Waals surface area contributed by atoms with Crippen LogP contribution in [0.2, 0.25) is 0 Å². The van der Waals surface area contributed by atoms with Crippen molar-refractivity contribution in [3.05, 3.63) is 69.7 Å². The van der Waals surface area contributed by atoms with Crippen molar-refractivity contribution >= 4 is 59.0 Å². The maximum atomic E-state index is 12.9. The number of aliphatic hydroxyl groups excluding tert-OH is 1. The highest BCUT2D eigenvalue weighted by molar-refractivity contribution is 7.86. The van der Waals surface area contributed by atoms with Gasteiger partial charge in [0, 0.05) is 6.07 Å². The number of benzene rings is 2. The van der Waals surface area contributed by atoms with E-state index in [1.807, 2.05) is 0 Å². The average Bonchev–Trinajstić information content (AvgIpc) is 3.31. The van der Waals surface area contributed by atoms with E-state index in [1.165, 1.54) is 27.0 Å². The predicted octanol–water partition coefficient (Wildman–Crippen LogP) is 5.36. The first kappa shape index (κ1) is 31.0. The highest BCUT2D eigenvalue weighted by Gasteiger charge is 2.23. The molecule has 13 nitrogen and oxygen atoms in total. The molecule has 222 valence electrons. The van der Waals surface area contributed by atoms with Crippen LogP contribution < -0.4 is 10.1 Å². The van der Waals surface area contributed by atoms with Gasteiger partial charge in [0.1, 0.15) is 26.3 Å². The number of carbonyl (C=O) groups is 1. The number of amides is 1. The zero-order valence-electron chi connectivity index (χ0n) is 22.7. The van der Waals surface area contributed by atoms with Gasteiger partial charge in [-0.05, 0) is 68.5 Å². The first-order valence-corrected chi connectivity index (χ1v) is 15.9. The van der Waals surface area contributed by atoms with Gasteiger partial charge in [-0.3, -0.25) is 13.9 Å². The third-order valence-corrected chi connectivity index (χ3v) is 9.56. The zero-order valence-corrected chi connectivity index (χ0v) is 25.2. The second-order valence-electron chi connectivity index (χ2n) is 9.29. The molecule has 3 aromatic rings. The summed E-state index contributed by atoms with van der Waals surface area (Å²) in [6.07, 6.45) is 4.28. The molecule has 1 aliphatic carbocycles. The fraction of sp³-hybridized carbons (Fsp3) is 0.231. The monoisotopic (exact) mass is 634 g/mol. The number of hydrogen-bond donors (Lipinski definition) is 4. The number of fused-ring (bicyclic) bond motifs is 1. The van der Waals surface area contributed by atoms with Crippen molar-refractivity contribution in [1.82, 2.24) is 4.98 Å². The molecule has 0 atom stereocenters. The second-order valence-corrected chi connectivity index (χ2v) is 13.0. The lowest BCUT2D eigenvalue weighted by atomic mass is 10.0. The van der Waals surface area contributed by atoms with Gasteiger partial charge in [-0.15, -0.1) is 16.5 Å². The number of ether oxygens (including phenoxy) is 1. The molecule has 42 heavy (non-hydrogen) atoms. The van der Waals surface area contributed by atoms with Crippen LogP contribution in [0, 0.1) is 13.8 Å². The minimum absolute atomic E-state index is 0.0465. The molecule has 0 bridgehead atoms. The normalized spacial score (nSPS) is 14.9. The summed E-state index contributed by atoms with van der Waals surface area (Å²) in [6.45, 7) is 4.27. The van der Waals surface area contributed by atoms with E-state index >= 15 is 0 Å². The van der Waals surface area contributed by atoms with Gasteiger partial charge in [0.15, 0.2) is 5.70 Å². The lowest BCUT2D eigenvalue weighted by Gasteiger charge is -2.13. The van der Waals surface area contributed by atoms with Crippen LogP contribution in [-0.2, 0) is 25.0 Å². The molecule has 0 saturated carbocycles. The van der Waals surface area contributed by atoms with E-state index in [-0.39, 0.29) is 26.8 Å². The highest BCUT2D eigenvalue weighted by atomic mass is 32.2. The zero-order chi connectivity index (χ0) is 31.0. The molecule has 0 fully saturated rings. The van der Waals surface area contributed by atoms with Crippen LogP contribution in [0.5, 0.6) is 5.75 Å². The number of nitrogens with one attached hydrogen (secondary N) is 1. The standard InChI is InChI=1S/C26H26N4O9S3/c1-13-5-10-18-23(24(13)42(36,37)38)40-26(28-18)16-6-8-17(9-7-16)29-30-22(15(3)31)25(32)27-19-11-14(2)21(41(33,34)35)12-20(19)39-4/h5-6,8,10-12,31H,7,9H2,1-4H3,(H,27,32)(H,33,34,35)(H,36,37,38)/b22-15+,30-29?. The summed E-state index contributed by atoms with van der Waals surface area (Å²) in [6, 6.07) is 5.62. The second kappa shape index (κ2) is 11.7. The number of aliphatic hydroxyl groups is 1. The van der Waals surface area contributed by atoms with Crippen LogP contribution in [-0.4, -0.2) is 49.0 Å². The minimum atomic E-state index is -4.52. The first-order valence-electron chi connectivity index (χ1n) is 12.2. The largest absolute Gasteiger partial charge is 0.510 e. The number of nitrogens with zero attached hydrogens (tertiary/aromatic N) is 3. The SMILES string of the molecule is COc1cc(S(=O)(=O)O)c(C)cc1NC(=O)/C(N=NC1=CC=C(c2nc3ccc(C)c(S(=O)(=O)O)c3s2)CC1)=C(/C)O. The number of anilines is 1. The molecule has 0 saturated heterocycles. The van der Waals surface area contributed by atoms with Gasteiger partial charge in [-0.2, -0.15) is 21.9 Å². The molecule has 16 heteroatoms. The topological polar surface area (TPSA) is 205 Å². The Morgan fingerprint density at radius 1 is 1.05 bits per heavy atom. The number of rotatable bonds is 8. The number of aromatic nitrogens is 1. The molecule has 1 heterocycles. The van der Waals surface area contributed by atoms with Crippen molar-refractivity contribution in [1.29, 1.82) is 0 Å². The predicted molar refractivity (Wildman–Crippen MR) is 156 cm³/mol. The van der Waals surface area contributed by atoms with Gasteiger partial charge in [-0.25, -0.2) is 4.98 Å². The van der Waals surface area contributed by atoms with Gasteiger partial charge >= 0.3 is 0 Å². The molecule has 0 radical (unpaired) electrons. The van der Waals surface area contributed by atoms with Crippen LogP contribution in [0.3, 0.4) is 0 Å². The van der Waals surface area contributed by atoms with E-state index < -0.39 is 37.6 Å². The molecule has 4 rings (SSSR count). The van der Waals surface area contributed by atoms with Gasteiger partial charge in [0.2, 0.25) is 0 Å². The van der Waals surface area contributed by atoms with E-state index in [9.17, 15) is 35.8 Å². The van der Waals surface area contributed by atoms with Crippen molar-refractivity contribution in [2.45, 2.75) is 43.4 Å². The summed E-state index contributed by atoms with van der Waals surface area (Å²) in [5.41, 5.74) is 1.99. The number of methoxy groups -OCH3 is 1. The average molecular weight is 635 g/mol. The summed E-state index contributed by atoms with van der Waals surface area (Å²) >= 11 is 1.15. The van der Waals surface area contributed by atoms with Crippen LogP contribution in [0.25, 0.3) is 15.8 Å². The van der Waals surface area contributed by atoms with Gasteiger partial charge in [0.05, 0.1) is 28.7 Å². The van der Waals surface area contributed by atoms with Crippen LogP contribution in [0.1, 0.15) is 35.9 Å². The Morgan fingerprint density at radius 2 is 1.76 bits per heavy atom. The van der Waals surface area contributed by atoms with Crippen molar-refractivity contribution in [3.63, 3.8) is 0 Å². The van der Waals surface area contributed by atoms with E-state index in [4.69, 9.17) is 4.74 Å². The van der Waals surface area contributed by atoms with Crippen molar-refractivity contribution in [3.8, 4) is 5.75 Å². The van der Waals surface area contributed by atoms with Gasteiger partial charge in [-0.1, -0.05) is 12.1 Å². The van der Waals surface area contributed by atoms with E-state index in [2.05, 4.69) is 20.5 Å².